The van der Waals surface area contributed by atoms with Crippen molar-refractivity contribution in [2.45, 2.75) is 85.7 Å². The van der Waals surface area contributed by atoms with Crippen molar-refractivity contribution in [1.29, 1.82) is 0 Å². The van der Waals surface area contributed by atoms with Crippen LogP contribution in [0.5, 0.6) is 0 Å². The molecule has 0 fully saturated rings. The van der Waals surface area contributed by atoms with Crippen molar-refractivity contribution >= 4 is 35.1 Å². The van der Waals surface area contributed by atoms with Gasteiger partial charge in [-0.2, -0.15) is 0 Å². The van der Waals surface area contributed by atoms with Crippen molar-refractivity contribution < 1.29 is 33.9 Å². The van der Waals surface area contributed by atoms with Crippen LogP contribution in [0.2, 0.25) is 0 Å². The third-order valence-corrected chi connectivity index (χ3v) is 7.67. The molecule has 0 saturated heterocycles. The lowest BCUT2D eigenvalue weighted by atomic mass is 9.82. The van der Waals surface area contributed by atoms with Crippen molar-refractivity contribution in [3.05, 3.63) is 71.3 Å². The lowest BCUT2D eigenvalue weighted by Crippen LogP contribution is -2.53. The van der Waals surface area contributed by atoms with Crippen molar-refractivity contribution in [1.82, 2.24) is 10.6 Å². The fraction of sp³-hybridized carbons (Fsp3) is 0.471. The summed E-state index contributed by atoms with van der Waals surface area (Å²) in [4.78, 5) is 76.9. The molecule has 2 aromatic rings. The van der Waals surface area contributed by atoms with E-state index in [0.717, 1.165) is 16.7 Å². The average Bonchev–Trinajstić information content (AvgIpc) is 2.94. The molecule has 0 radical (unpaired) electrons. The first kappa shape index (κ1) is 35.1. The zero-order valence-electron chi connectivity index (χ0n) is 25.9. The molecular formula is C34H44N2O7. The van der Waals surface area contributed by atoms with E-state index >= 15 is 0 Å². The maximum absolute atomic E-state index is 13.4. The molecule has 2 rings (SSSR count). The Morgan fingerprint density at radius 1 is 0.884 bits per heavy atom. The SMILES string of the molecule is CC[C@H](C)[C@H](NC(=O)C(=O)C(C)NC(=O)[C@@H](CC(=O)Cc1ccccc1)Cc1cccc(C)c1)C(=O)CC(C)(C)C(=O)O. The Labute approximate surface area is 253 Å². The molecular weight excluding hydrogens is 548 g/mol. The number of aliphatic carboxylic acids is 1. The highest BCUT2D eigenvalue weighted by Gasteiger charge is 2.37. The fourth-order valence-corrected chi connectivity index (χ4v) is 4.75. The highest BCUT2D eigenvalue weighted by Crippen LogP contribution is 2.24. The van der Waals surface area contributed by atoms with E-state index in [-0.39, 0.29) is 37.4 Å². The highest BCUT2D eigenvalue weighted by atomic mass is 16.4. The molecule has 1 unspecified atom stereocenters. The Balaban J connectivity index is 2.15. The Hall–Kier alpha value is -4.14. The van der Waals surface area contributed by atoms with Crippen LogP contribution in [-0.4, -0.2) is 52.3 Å². The van der Waals surface area contributed by atoms with Crippen LogP contribution >= 0.6 is 0 Å². The zero-order valence-corrected chi connectivity index (χ0v) is 25.9. The van der Waals surface area contributed by atoms with Crippen LogP contribution in [0.1, 0.15) is 70.6 Å². The number of aryl methyl sites for hydroxylation is 1. The van der Waals surface area contributed by atoms with Crippen LogP contribution in [0.25, 0.3) is 0 Å². The van der Waals surface area contributed by atoms with Gasteiger partial charge in [0, 0.05) is 25.2 Å². The highest BCUT2D eigenvalue weighted by molar-refractivity contribution is 6.38. The van der Waals surface area contributed by atoms with Gasteiger partial charge in [0.15, 0.2) is 5.78 Å². The van der Waals surface area contributed by atoms with E-state index < -0.39 is 52.8 Å². The van der Waals surface area contributed by atoms with Crippen LogP contribution in [0.15, 0.2) is 54.6 Å². The molecule has 0 heterocycles. The van der Waals surface area contributed by atoms with Crippen LogP contribution < -0.4 is 10.6 Å². The molecule has 0 aliphatic heterocycles. The first-order chi connectivity index (χ1) is 20.1. The summed E-state index contributed by atoms with van der Waals surface area (Å²) in [7, 11) is 0. The minimum atomic E-state index is -1.34. The number of benzene rings is 2. The number of carboxylic acids is 1. The summed E-state index contributed by atoms with van der Waals surface area (Å²) in [5.41, 5.74) is 1.36. The Morgan fingerprint density at radius 2 is 1.51 bits per heavy atom. The first-order valence-electron chi connectivity index (χ1n) is 14.7. The largest absolute Gasteiger partial charge is 0.481 e. The molecule has 2 aromatic carbocycles. The molecule has 232 valence electrons. The lowest BCUT2D eigenvalue weighted by molar-refractivity contribution is -0.150. The summed E-state index contributed by atoms with van der Waals surface area (Å²) in [6.45, 7) is 9.69. The third kappa shape index (κ3) is 10.9. The maximum atomic E-state index is 13.4. The molecule has 0 aliphatic rings. The fourth-order valence-electron chi connectivity index (χ4n) is 4.75. The van der Waals surface area contributed by atoms with E-state index in [2.05, 4.69) is 10.6 Å². The maximum Gasteiger partial charge on any atom is 0.309 e. The van der Waals surface area contributed by atoms with Gasteiger partial charge in [0.25, 0.3) is 5.91 Å². The summed E-state index contributed by atoms with van der Waals surface area (Å²) >= 11 is 0. The van der Waals surface area contributed by atoms with Gasteiger partial charge in [0.05, 0.1) is 17.5 Å². The standard InChI is InChI=1S/C34H44N2O7/c1-7-22(3)29(28(38)20-34(5,6)33(42)43)36-32(41)30(39)23(4)35-31(40)26(17-25-15-11-12-21(2)16-25)19-27(37)18-24-13-9-8-10-14-24/h8-16,22-23,26,29H,7,17-20H2,1-6H3,(H,35,40)(H,36,41)(H,42,43)/t22-,23?,26+,29-/m0/s1. The van der Waals surface area contributed by atoms with E-state index in [1.54, 1.807) is 6.92 Å². The number of carbonyl (C=O) groups is 6. The van der Waals surface area contributed by atoms with Crippen molar-refractivity contribution in [2.75, 3.05) is 0 Å². The summed E-state index contributed by atoms with van der Waals surface area (Å²) in [5, 5.41) is 14.5. The van der Waals surface area contributed by atoms with Gasteiger partial charge < -0.3 is 15.7 Å². The predicted molar refractivity (Wildman–Crippen MR) is 163 cm³/mol. The second-order valence-electron chi connectivity index (χ2n) is 12.1. The Bertz CT molecular complexity index is 1320. The topological polar surface area (TPSA) is 147 Å². The van der Waals surface area contributed by atoms with Crippen LogP contribution in [-0.2, 0) is 41.6 Å². The number of hydrogen-bond acceptors (Lipinski definition) is 6. The van der Waals surface area contributed by atoms with Crippen LogP contribution in [0.4, 0.5) is 0 Å². The van der Waals surface area contributed by atoms with Crippen molar-refractivity contribution in [3.8, 4) is 0 Å². The molecule has 0 bridgehead atoms. The summed E-state index contributed by atoms with van der Waals surface area (Å²) < 4.78 is 0. The van der Waals surface area contributed by atoms with E-state index in [1.807, 2.05) is 68.4 Å². The third-order valence-electron chi connectivity index (χ3n) is 7.67. The number of carbonyl (C=O) groups excluding carboxylic acids is 5. The van der Waals surface area contributed by atoms with E-state index in [9.17, 15) is 33.9 Å². The van der Waals surface area contributed by atoms with E-state index in [4.69, 9.17) is 0 Å². The number of ketones is 3. The predicted octanol–water partition coefficient (Wildman–Crippen LogP) is 4.03. The second kappa shape index (κ2) is 15.9. The molecule has 43 heavy (non-hydrogen) atoms. The Morgan fingerprint density at radius 3 is 2.09 bits per heavy atom. The molecule has 4 atom stereocenters. The van der Waals surface area contributed by atoms with Gasteiger partial charge in [-0.3, -0.25) is 28.8 Å². The lowest BCUT2D eigenvalue weighted by Gasteiger charge is -2.27. The van der Waals surface area contributed by atoms with Crippen molar-refractivity contribution in [3.63, 3.8) is 0 Å². The van der Waals surface area contributed by atoms with Gasteiger partial charge in [-0.1, -0.05) is 80.4 Å². The van der Waals surface area contributed by atoms with Gasteiger partial charge in [-0.05, 0) is 51.2 Å². The van der Waals surface area contributed by atoms with Gasteiger partial charge in [-0.25, -0.2) is 0 Å². The van der Waals surface area contributed by atoms with E-state index in [1.165, 1.54) is 20.8 Å². The minimum absolute atomic E-state index is 0.0499. The van der Waals surface area contributed by atoms with Gasteiger partial charge in [0.2, 0.25) is 11.7 Å². The molecule has 2 amide bonds. The first-order valence-corrected chi connectivity index (χ1v) is 14.7. The number of Topliss-reactive ketones (excluding diaryl/α,β-unsaturated/α-hetero) is 3. The molecule has 0 aromatic heterocycles. The molecule has 3 N–H and O–H groups in total. The number of amides is 2. The molecule has 9 nitrogen and oxygen atoms in total. The monoisotopic (exact) mass is 592 g/mol. The number of rotatable bonds is 17. The quantitative estimate of drug-likeness (QED) is 0.235. The second-order valence-corrected chi connectivity index (χ2v) is 12.1. The molecule has 0 saturated carbocycles. The van der Waals surface area contributed by atoms with E-state index in [0.29, 0.717) is 6.42 Å². The molecule has 9 heteroatoms. The van der Waals surface area contributed by atoms with Crippen molar-refractivity contribution in [2.24, 2.45) is 17.3 Å². The average molecular weight is 593 g/mol. The number of hydrogen-bond donors (Lipinski definition) is 3. The van der Waals surface area contributed by atoms with Gasteiger partial charge in [0.1, 0.15) is 5.78 Å². The summed E-state index contributed by atoms with van der Waals surface area (Å²) in [6.07, 6.45) is 0.563. The number of nitrogens with one attached hydrogen (secondary N) is 2. The smallest absolute Gasteiger partial charge is 0.309 e. The zero-order chi connectivity index (χ0) is 32.3. The van der Waals surface area contributed by atoms with Gasteiger partial charge in [-0.15, -0.1) is 0 Å². The normalized spacial score (nSPS) is 14.1. The summed E-state index contributed by atoms with van der Waals surface area (Å²) in [6, 6.07) is 14.5. The molecule has 0 spiro atoms. The number of carboxylic acid groups (broad SMARTS) is 1. The molecule has 0 aliphatic carbocycles. The van der Waals surface area contributed by atoms with Crippen LogP contribution in [0, 0.1) is 24.2 Å². The van der Waals surface area contributed by atoms with Gasteiger partial charge >= 0.3 is 5.97 Å². The summed E-state index contributed by atoms with van der Waals surface area (Å²) in [5.74, 6) is -5.42. The minimum Gasteiger partial charge on any atom is -0.481 e. The Kier molecular flexibility index (Phi) is 13.0. The van der Waals surface area contributed by atoms with Crippen LogP contribution in [0.3, 0.4) is 0 Å².